The summed E-state index contributed by atoms with van der Waals surface area (Å²) in [5.41, 5.74) is 3.65. The van der Waals surface area contributed by atoms with E-state index in [2.05, 4.69) is 43.4 Å². The number of rotatable bonds is 1. The quantitative estimate of drug-likeness (QED) is 0.749. The molecule has 1 aromatic carbocycles. The van der Waals surface area contributed by atoms with Gasteiger partial charge in [0.25, 0.3) is 0 Å². The van der Waals surface area contributed by atoms with Crippen LogP contribution in [0, 0.1) is 5.92 Å². The fraction of sp³-hybridized carbons (Fsp3) is 0.294. The molecule has 0 spiro atoms. The molecule has 0 aliphatic carbocycles. The van der Waals surface area contributed by atoms with Crippen LogP contribution in [0.15, 0.2) is 49.2 Å². The number of aliphatic hydroxyl groups excluding tert-OH is 1. The molecule has 0 saturated carbocycles. The van der Waals surface area contributed by atoms with E-state index in [1.807, 2.05) is 18.7 Å². The molecule has 3 aromatic rings. The van der Waals surface area contributed by atoms with Gasteiger partial charge in [-0.25, -0.2) is 9.97 Å². The molecule has 5 heteroatoms. The van der Waals surface area contributed by atoms with E-state index in [0.717, 1.165) is 24.5 Å². The van der Waals surface area contributed by atoms with Gasteiger partial charge in [0.05, 0.1) is 24.3 Å². The van der Waals surface area contributed by atoms with Crippen LogP contribution in [0.2, 0.25) is 0 Å². The zero-order valence-electron chi connectivity index (χ0n) is 12.0. The lowest BCUT2D eigenvalue weighted by atomic mass is 9.84. The molecular weight excluding hydrogens is 276 g/mol. The molecule has 1 N–H and O–H groups in total. The summed E-state index contributed by atoms with van der Waals surface area (Å²) in [5.74, 6) is 0.897. The first-order valence-electron chi connectivity index (χ1n) is 7.65. The molecule has 2 aromatic heterocycles. The van der Waals surface area contributed by atoms with Crippen molar-refractivity contribution in [1.29, 1.82) is 0 Å². The van der Waals surface area contributed by atoms with Gasteiger partial charge in [-0.15, -0.1) is 0 Å². The Morgan fingerprint density at radius 1 is 1.23 bits per heavy atom. The number of aryl methyl sites for hydroxylation is 1. The van der Waals surface area contributed by atoms with Crippen molar-refractivity contribution < 1.29 is 5.11 Å². The SMILES string of the molecule is O[C@@H]1c2nccn2CC[C@H]1[C@@H]1c2ccccc2-c2cncn21. The minimum absolute atomic E-state index is 0.117. The fourth-order valence-corrected chi connectivity index (χ4v) is 4.05. The average molecular weight is 292 g/mol. The minimum atomic E-state index is -0.546. The summed E-state index contributed by atoms with van der Waals surface area (Å²) in [7, 11) is 0. The average Bonchev–Trinajstić information content (AvgIpc) is 3.23. The Bertz CT molecular complexity index is 850. The van der Waals surface area contributed by atoms with Crippen LogP contribution in [0.4, 0.5) is 0 Å². The molecule has 4 heterocycles. The summed E-state index contributed by atoms with van der Waals surface area (Å²) in [5, 5.41) is 10.8. The second-order valence-electron chi connectivity index (χ2n) is 6.09. The molecular formula is C17H16N4O. The second-order valence-corrected chi connectivity index (χ2v) is 6.09. The van der Waals surface area contributed by atoms with Crippen molar-refractivity contribution >= 4 is 0 Å². The lowest BCUT2D eigenvalue weighted by Crippen LogP contribution is -2.31. The Balaban J connectivity index is 1.65. The zero-order valence-corrected chi connectivity index (χ0v) is 12.0. The molecule has 22 heavy (non-hydrogen) atoms. The summed E-state index contributed by atoms with van der Waals surface area (Å²) in [4.78, 5) is 8.65. The van der Waals surface area contributed by atoms with Gasteiger partial charge in [0.15, 0.2) is 0 Å². The van der Waals surface area contributed by atoms with E-state index < -0.39 is 6.10 Å². The van der Waals surface area contributed by atoms with Gasteiger partial charge in [0.2, 0.25) is 0 Å². The maximum atomic E-state index is 10.8. The lowest BCUT2D eigenvalue weighted by molar-refractivity contribution is 0.0514. The highest BCUT2D eigenvalue weighted by molar-refractivity contribution is 5.69. The topological polar surface area (TPSA) is 55.9 Å². The number of imidazole rings is 2. The van der Waals surface area contributed by atoms with Crippen LogP contribution in [0.5, 0.6) is 0 Å². The molecule has 0 radical (unpaired) electrons. The monoisotopic (exact) mass is 292 g/mol. The van der Waals surface area contributed by atoms with Gasteiger partial charge in [-0.3, -0.25) is 0 Å². The molecule has 0 fully saturated rings. The Labute approximate surface area is 127 Å². The normalized spacial score (nSPS) is 25.6. The van der Waals surface area contributed by atoms with Crippen molar-refractivity contribution in [3.05, 3.63) is 60.6 Å². The van der Waals surface area contributed by atoms with Crippen LogP contribution in [0.3, 0.4) is 0 Å². The van der Waals surface area contributed by atoms with Crippen molar-refractivity contribution in [2.75, 3.05) is 0 Å². The maximum absolute atomic E-state index is 10.8. The van der Waals surface area contributed by atoms with Crippen molar-refractivity contribution in [2.24, 2.45) is 5.92 Å². The predicted octanol–water partition coefficient (Wildman–Crippen LogP) is 2.40. The summed E-state index contributed by atoms with van der Waals surface area (Å²) < 4.78 is 4.26. The molecule has 0 saturated heterocycles. The van der Waals surface area contributed by atoms with Gasteiger partial charge in [-0.1, -0.05) is 24.3 Å². The van der Waals surface area contributed by atoms with Crippen molar-refractivity contribution in [3.63, 3.8) is 0 Å². The van der Waals surface area contributed by atoms with E-state index in [-0.39, 0.29) is 12.0 Å². The van der Waals surface area contributed by atoms with E-state index in [4.69, 9.17) is 0 Å². The fourth-order valence-electron chi connectivity index (χ4n) is 4.05. The number of hydrogen-bond donors (Lipinski definition) is 1. The molecule has 2 aliphatic rings. The Morgan fingerprint density at radius 2 is 2.14 bits per heavy atom. The molecule has 0 bridgehead atoms. The number of benzene rings is 1. The van der Waals surface area contributed by atoms with E-state index in [9.17, 15) is 5.11 Å². The molecule has 5 nitrogen and oxygen atoms in total. The predicted molar refractivity (Wildman–Crippen MR) is 81.1 cm³/mol. The lowest BCUT2D eigenvalue weighted by Gasteiger charge is -2.34. The third kappa shape index (κ3) is 1.46. The largest absolute Gasteiger partial charge is 0.385 e. The van der Waals surface area contributed by atoms with Gasteiger partial charge in [0.1, 0.15) is 11.9 Å². The van der Waals surface area contributed by atoms with E-state index >= 15 is 0 Å². The number of nitrogens with zero attached hydrogens (tertiary/aromatic N) is 4. The Morgan fingerprint density at radius 3 is 3.09 bits per heavy atom. The molecule has 2 aliphatic heterocycles. The van der Waals surface area contributed by atoms with Gasteiger partial charge >= 0.3 is 0 Å². The third-order valence-corrected chi connectivity index (χ3v) is 5.05. The number of hydrogen-bond acceptors (Lipinski definition) is 3. The highest BCUT2D eigenvalue weighted by Gasteiger charge is 2.41. The van der Waals surface area contributed by atoms with Crippen LogP contribution in [-0.4, -0.2) is 24.2 Å². The minimum Gasteiger partial charge on any atom is -0.385 e. The summed E-state index contributed by atoms with van der Waals surface area (Å²) in [6.07, 6.45) is 7.89. The van der Waals surface area contributed by atoms with E-state index in [0.29, 0.717) is 0 Å². The van der Waals surface area contributed by atoms with Crippen molar-refractivity contribution in [1.82, 2.24) is 19.1 Å². The summed E-state index contributed by atoms with van der Waals surface area (Å²) >= 11 is 0. The molecule has 0 unspecified atom stereocenters. The first kappa shape index (κ1) is 12.2. The van der Waals surface area contributed by atoms with Crippen LogP contribution in [-0.2, 0) is 6.54 Å². The van der Waals surface area contributed by atoms with Gasteiger partial charge in [-0.2, -0.15) is 0 Å². The van der Waals surface area contributed by atoms with Gasteiger partial charge < -0.3 is 14.2 Å². The number of fused-ring (bicyclic) bond motifs is 4. The first-order valence-corrected chi connectivity index (χ1v) is 7.65. The van der Waals surface area contributed by atoms with E-state index in [1.165, 1.54) is 11.1 Å². The Hall–Kier alpha value is -2.40. The molecule has 5 rings (SSSR count). The highest BCUT2D eigenvalue weighted by atomic mass is 16.3. The van der Waals surface area contributed by atoms with Gasteiger partial charge in [0, 0.05) is 30.4 Å². The molecule has 110 valence electrons. The summed E-state index contributed by atoms with van der Waals surface area (Å²) in [6, 6.07) is 8.57. The highest BCUT2D eigenvalue weighted by Crippen LogP contribution is 2.48. The number of aliphatic hydroxyl groups is 1. The molecule has 3 atom stereocenters. The second kappa shape index (κ2) is 4.30. The number of aromatic nitrogens is 4. The van der Waals surface area contributed by atoms with Crippen LogP contribution in [0.25, 0.3) is 11.3 Å². The van der Waals surface area contributed by atoms with Crippen LogP contribution < -0.4 is 0 Å². The van der Waals surface area contributed by atoms with Crippen LogP contribution in [0.1, 0.15) is 30.0 Å². The van der Waals surface area contributed by atoms with Gasteiger partial charge in [-0.05, 0) is 12.0 Å². The van der Waals surface area contributed by atoms with Crippen molar-refractivity contribution in [2.45, 2.75) is 25.1 Å². The Kier molecular flexibility index (Phi) is 2.38. The smallest absolute Gasteiger partial charge is 0.138 e. The van der Waals surface area contributed by atoms with E-state index in [1.54, 1.807) is 6.20 Å². The summed E-state index contributed by atoms with van der Waals surface area (Å²) in [6.45, 7) is 0.903. The first-order chi connectivity index (χ1) is 10.8. The van der Waals surface area contributed by atoms with Crippen LogP contribution >= 0.6 is 0 Å². The van der Waals surface area contributed by atoms with Crippen molar-refractivity contribution in [3.8, 4) is 11.3 Å². The standard InChI is InChI=1S/C17H16N4O/c22-16-13(5-7-20-8-6-19-17(16)20)15-12-4-2-1-3-11(12)14-9-18-10-21(14)15/h1-4,6,8-10,13,15-16,22H,5,7H2/t13-,15-,16-/m0/s1. The molecule has 0 amide bonds. The maximum Gasteiger partial charge on any atom is 0.138 e. The zero-order chi connectivity index (χ0) is 14.7. The third-order valence-electron chi connectivity index (χ3n) is 5.05.